The van der Waals surface area contributed by atoms with Crippen molar-refractivity contribution in [2.24, 2.45) is 0 Å². The Bertz CT molecular complexity index is 1420. The lowest BCUT2D eigenvalue weighted by atomic mass is 9.98. The smallest absolute Gasteiger partial charge is 0.296 e. The maximum atomic E-state index is 13.6. The van der Waals surface area contributed by atoms with Gasteiger partial charge in [-0.05, 0) is 54.4 Å². The van der Waals surface area contributed by atoms with Gasteiger partial charge in [0.05, 0.1) is 28.6 Å². The minimum absolute atomic E-state index is 0.0112. The fourth-order valence-corrected chi connectivity index (χ4v) is 4.26. The Balaban J connectivity index is 1.72. The summed E-state index contributed by atoms with van der Waals surface area (Å²) in [6.07, 6.45) is 2.34. The van der Waals surface area contributed by atoms with E-state index >= 15 is 0 Å². The maximum absolute atomic E-state index is 13.6. The number of carbonyl (C=O) groups excluding carboxylic acids is 1. The van der Waals surface area contributed by atoms with Crippen LogP contribution in [-0.2, 0) is 0 Å². The number of ether oxygens (including phenoxy) is 1. The average molecular weight is 481 g/mol. The van der Waals surface area contributed by atoms with E-state index in [1.54, 1.807) is 30.3 Å². The highest BCUT2D eigenvalue weighted by atomic mass is 35.5. The number of hydrogen-bond donors (Lipinski definition) is 0. The van der Waals surface area contributed by atoms with E-state index in [0.717, 1.165) is 12.0 Å². The molecule has 0 aliphatic carbocycles. The van der Waals surface area contributed by atoms with Crippen LogP contribution in [0.1, 0.15) is 41.1 Å². The molecule has 33 heavy (non-hydrogen) atoms. The second-order valence-corrected chi connectivity index (χ2v) is 8.52. The quantitative estimate of drug-likeness (QED) is 0.348. The predicted molar refractivity (Wildman–Crippen MR) is 128 cm³/mol. The van der Waals surface area contributed by atoms with Gasteiger partial charge in [0.2, 0.25) is 5.76 Å². The summed E-state index contributed by atoms with van der Waals surface area (Å²) >= 11 is 12.1. The van der Waals surface area contributed by atoms with Crippen LogP contribution in [0.15, 0.2) is 70.0 Å². The third kappa shape index (κ3) is 3.75. The zero-order valence-electron chi connectivity index (χ0n) is 17.5. The fourth-order valence-electron chi connectivity index (χ4n) is 3.97. The Morgan fingerprint density at radius 1 is 1.03 bits per heavy atom. The largest absolute Gasteiger partial charge is 0.494 e. The van der Waals surface area contributed by atoms with Crippen LogP contribution < -0.4 is 15.1 Å². The highest BCUT2D eigenvalue weighted by molar-refractivity contribution is 6.31. The van der Waals surface area contributed by atoms with Crippen molar-refractivity contribution in [2.75, 3.05) is 11.5 Å². The standard InChI is InChI=1S/C25H18Cl2N2O4/c1-2-11-32-17-7-3-14(4-8-17)22-21-23(30)18-12-15(26)5-9-19(18)33-24(21)25(31)29(22)20-10-6-16(27)13-28-20/h3-10,12-13,22H,2,11H2,1H3. The van der Waals surface area contributed by atoms with Gasteiger partial charge < -0.3 is 9.15 Å². The number of fused-ring (bicyclic) bond motifs is 2. The summed E-state index contributed by atoms with van der Waals surface area (Å²) in [4.78, 5) is 32.9. The van der Waals surface area contributed by atoms with Crippen LogP contribution in [0.25, 0.3) is 11.0 Å². The van der Waals surface area contributed by atoms with Gasteiger partial charge in [-0.3, -0.25) is 14.5 Å². The zero-order valence-corrected chi connectivity index (χ0v) is 19.1. The van der Waals surface area contributed by atoms with E-state index in [1.807, 2.05) is 31.2 Å². The van der Waals surface area contributed by atoms with E-state index < -0.39 is 11.9 Å². The van der Waals surface area contributed by atoms with E-state index in [0.29, 0.717) is 39.2 Å². The molecular weight excluding hydrogens is 463 g/mol. The molecule has 0 bridgehead atoms. The van der Waals surface area contributed by atoms with E-state index in [1.165, 1.54) is 11.1 Å². The molecular formula is C25H18Cl2N2O4. The molecule has 6 nitrogen and oxygen atoms in total. The Kier molecular flexibility index (Phi) is 5.56. The number of hydrogen-bond acceptors (Lipinski definition) is 5. The number of rotatable bonds is 5. The van der Waals surface area contributed by atoms with Crippen molar-refractivity contribution in [1.29, 1.82) is 0 Å². The summed E-state index contributed by atoms with van der Waals surface area (Å²) < 4.78 is 11.6. The number of halogens is 2. The number of pyridine rings is 1. The van der Waals surface area contributed by atoms with Gasteiger partial charge in [0, 0.05) is 11.2 Å². The SMILES string of the molecule is CCCOc1ccc(C2c3c(oc4ccc(Cl)cc4c3=O)C(=O)N2c2ccc(Cl)cn2)cc1. The first-order chi connectivity index (χ1) is 16.0. The Labute approximate surface area is 199 Å². The van der Waals surface area contributed by atoms with Gasteiger partial charge in [-0.15, -0.1) is 0 Å². The summed E-state index contributed by atoms with van der Waals surface area (Å²) in [5.74, 6) is 0.597. The lowest BCUT2D eigenvalue weighted by Crippen LogP contribution is -2.30. The van der Waals surface area contributed by atoms with Gasteiger partial charge >= 0.3 is 0 Å². The van der Waals surface area contributed by atoms with Crippen LogP contribution in [0.4, 0.5) is 5.82 Å². The van der Waals surface area contributed by atoms with Crippen molar-refractivity contribution >= 4 is 45.9 Å². The molecule has 4 aromatic rings. The van der Waals surface area contributed by atoms with Crippen LogP contribution in [0, 0.1) is 0 Å². The third-order valence-corrected chi connectivity index (χ3v) is 5.92. The molecule has 8 heteroatoms. The topological polar surface area (TPSA) is 72.6 Å². The Morgan fingerprint density at radius 3 is 2.48 bits per heavy atom. The molecule has 3 heterocycles. The second kappa shape index (κ2) is 8.54. The van der Waals surface area contributed by atoms with Crippen LogP contribution in [-0.4, -0.2) is 17.5 Å². The molecule has 166 valence electrons. The molecule has 0 saturated heterocycles. The number of carbonyl (C=O) groups is 1. The fraction of sp³-hybridized carbons (Fsp3) is 0.160. The van der Waals surface area contributed by atoms with Crippen molar-refractivity contribution in [3.63, 3.8) is 0 Å². The Hall–Kier alpha value is -3.35. The van der Waals surface area contributed by atoms with E-state index in [2.05, 4.69) is 4.98 Å². The monoisotopic (exact) mass is 480 g/mol. The van der Waals surface area contributed by atoms with E-state index in [-0.39, 0.29) is 16.8 Å². The summed E-state index contributed by atoms with van der Waals surface area (Å²) in [5.41, 5.74) is 0.949. The van der Waals surface area contributed by atoms with Crippen LogP contribution in [0.5, 0.6) is 5.75 Å². The summed E-state index contributed by atoms with van der Waals surface area (Å²) in [5, 5.41) is 1.16. The van der Waals surface area contributed by atoms with E-state index in [4.69, 9.17) is 32.4 Å². The van der Waals surface area contributed by atoms with Crippen LogP contribution in [0.2, 0.25) is 10.0 Å². The molecule has 1 aliphatic rings. The van der Waals surface area contributed by atoms with Crippen molar-refractivity contribution in [3.05, 3.63) is 97.9 Å². The summed E-state index contributed by atoms with van der Waals surface area (Å²) in [7, 11) is 0. The summed E-state index contributed by atoms with van der Waals surface area (Å²) in [6, 6.07) is 14.6. The van der Waals surface area contributed by atoms with Gasteiger partial charge in [0.25, 0.3) is 5.91 Å². The second-order valence-electron chi connectivity index (χ2n) is 7.64. The van der Waals surface area contributed by atoms with Crippen LogP contribution in [0.3, 0.4) is 0 Å². The van der Waals surface area contributed by atoms with Gasteiger partial charge in [-0.25, -0.2) is 4.98 Å². The first-order valence-electron chi connectivity index (χ1n) is 10.4. The van der Waals surface area contributed by atoms with Gasteiger partial charge in [0.15, 0.2) is 5.43 Å². The molecule has 1 unspecified atom stereocenters. The molecule has 0 radical (unpaired) electrons. The predicted octanol–water partition coefficient (Wildman–Crippen LogP) is 6.03. The number of anilines is 1. The average Bonchev–Trinajstić information content (AvgIpc) is 3.11. The number of amides is 1. The van der Waals surface area contributed by atoms with Crippen LogP contribution >= 0.6 is 23.2 Å². The summed E-state index contributed by atoms with van der Waals surface area (Å²) in [6.45, 7) is 2.63. The molecule has 5 rings (SSSR count). The molecule has 1 amide bonds. The van der Waals surface area contributed by atoms with Crippen molar-refractivity contribution in [3.8, 4) is 5.75 Å². The van der Waals surface area contributed by atoms with E-state index in [9.17, 15) is 9.59 Å². The van der Waals surface area contributed by atoms with Crippen molar-refractivity contribution < 1.29 is 13.9 Å². The highest BCUT2D eigenvalue weighted by Gasteiger charge is 2.44. The van der Waals surface area contributed by atoms with Gasteiger partial charge in [-0.2, -0.15) is 0 Å². The highest BCUT2D eigenvalue weighted by Crippen LogP contribution is 2.41. The number of aromatic nitrogens is 1. The van der Waals surface area contributed by atoms with Crippen molar-refractivity contribution in [2.45, 2.75) is 19.4 Å². The Morgan fingerprint density at radius 2 is 1.79 bits per heavy atom. The first kappa shape index (κ1) is 21.5. The minimum Gasteiger partial charge on any atom is -0.494 e. The number of benzene rings is 2. The lowest BCUT2D eigenvalue weighted by Gasteiger charge is -2.24. The normalized spacial score (nSPS) is 15.2. The molecule has 1 atom stereocenters. The molecule has 0 fully saturated rings. The maximum Gasteiger partial charge on any atom is 0.296 e. The molecule has 0 saturated carbocycles. The number of nitrogens with zero attached hydrogens (tertiary/aromatic N) is 2. The molecule has 0 spiro atoms. The lowest BCUT2D eigenvalue weighted by molar-refractivity contribution is 0.0970. The minimum atomic E-state index is -0.735. The third-order valence-electron chi connectivity index (χ3n) is 5.46. The molecule has 2 aromatic carbocycles. The molecule has 1 aliphatic heterocycles. The van der Waals surface area contributed by atoms with Crippen molar-refractivity contribution in [1.82, 2.24) is 4.98 Å². The van der Waals surface area contributed by atoms with Gasteiger partial charge in [-0.1, -0.05) is 42.3 Å². The molecule has 2 aromatic heterocycles. The van der Waals surface area contributed by atoms with Gasteiger partial charge in [0.1, 0.15) is 17.2 Å². The zero-order chi connectivity index (χ0) is 23.1. The molecule has 0 N–H and O–H groups in total. The first-order valence-corrected chi connectivity index (χ1v) is 11.2.